The van der Waals surface area contributed by atoms with Gasteiger partial charge in [-0.3, -0.25) is 19.4 Å². The number of morpholine rings is 1. The van der Waals surface area contributed by atoms with Crippen molar-refractivity contribution in [2.75, 3.05) is 31.2 Å². The number of carbonyl (C=O) groups excluding carboxylic acids is 2. The molecule has 2 heterocycles. The van der Waals surface area contributed by atoms with Crippen LogP contribution in [0.4, 0.5) is 5.69 Å². The van der Waals surface area contributed by atoms with Gasteiger partial charge in [-0.15, -0.1) is 0 Å². The molecule has 2 aliphatic heterocycles. The lowest BCUT2D eigenvalue weighted by molar-refractivity contribution is -0.122. The summed E-state index contributed by atoms with van der Waals surface area (Å²) >= 11 is 0. The Morgan fingerprint density at radius 1 is 1.00 bits per heavy atom. The number of carbonyl (C=O) groups is 2. The van der Waals surface area contributed by atoms with Gasteiger partial charge in [0.1, 0.15) is 0 Å². The minimum Gasteiger partial charge on any atom is -0.379 e. The van der Waals surface area contributed by atoms with Gasteiger partial charge in [0.05, 0.1) is 30.7 Å². The molecule has 0 radical (unpaired) electrons. The second kappa shape index (κ2) is 6.65. The van der Waals surface area contributed by atoms with Crippen LogP contribution in [0.25, 0.3) is 0 Å². The van der Waals surface area contributed by atoms with Crippen LogP contribution in [-0.4, -0.2) is 43.0 Å². The summed E-state index contributed by atoms with van der Waals surface area (Å²) in [7, 11) is 0. The second-order valence-corrected chi connectivity index (χ2v) is 7.07. The number of amides is 2. The molecule has 2 atom stereocenters. The number of imide groups is 1. The van der Waals surface area contributed by atoms with Crippen molar-refractivity contribution in [1.82, 2.24) is 4.90 Å². The molecule has 0 spiro atoms. The van der Waals surface area contributed by atoms with E-state index in [0.717, 1.165) is 69.8 Å². The summed E-state index contributed by atoms with van der Waals surface area (Å²) in [6.07, 6.45) is 3.84. The number of benzene rings is 1. The lowest BCUT2D eigenvalue weighted by atomic mass is 9.81. The van der Waals surface area contributed by atoms with Crippen molar-refractivity contribution < 1.29 is 14.3 Å². The molecule has 2 saturated heterocycles. The SMILES string of the molecule is O=C1C2CCCCC2C(=O)N1c1cccc(CN2CCOCC2)c1. The van der Waals surface area contributed by atoms with E-state index in [0.29, 0.717) is 0 Å². The van der Waals surface area contributed by atoms with Gasteiger partial charge in [-0.05, 0) is 30.5 Å². The van der Waals surface area contributed by atoms with Crippen molar-refractivity contribution >= 4 is 17.5 Å². The number of anilines is 1. The van der Waals surface area contributed by atoms with Gasteiger partial charge in [0.25, 0.3) is 0 Å². The lowest BCUT2D eigenvalue weighted by Crippen LogP contribution is -2.35. The molecule has 0 aromatic heterocycles. The zero-order valence-corrected chi connectivity index (χ0v) is 13.9. The third-order valence-corrected chi connectivity index (χ3v) is 5.52. The quantitative estimate of drug-likeness (QED) is 0.798. The maximum Gasteiger partial charge on any atom is 0.237 e. The predicted octanol–water partition coefficient (Wildman–Crippen LogP) is 2.20. The van der Waals surface area contributed by atoms with Gasteiger partial charge in [-0.25, -0.2) is 0 Å². The van der Waals surface area contributed by atoms with E-state index in [1.165, 1.54) is 4.90 Å². The predicted molar refractivity (Wildman–Crippen MR) is 90.5 cm³/mol. The Labute approximate surface area is 142 Å². The van der Waals surface area contributed by atoms with Crippen molar-refractivity contribution in [3.63, 3.8) is 0 Å². The van der Waals surface area contributed by atoms with Crippen molar-refractivity contribution in [3.8, 4) is 0 Å². The first-order valence-corrected chi connectivity index (χ1v) is 9.01. The highest BCUT2D eigenvalue weighted by Crippen LogP contribution is 2.40. The molecule has 0 N–H and O–H groups in total. The monoisotopic (exact) mass is 328 g/mol. The maximum absolute atomic E-state index is 12.7. The first-order chi connectivity index (χ1) is 11.7. The van der Waals surface area contributed by atoms with Crippen LogP contribution in [0.15, 0.2) is 24.3 Å². The van der Waals surface area contributed by atoms with Crippen LogP contribution in [0, 0.1) is 11.8 Å². The van der Waals surface area contributed by atoms with E-state index in [-0.39, 0.29) is 23.7 Å². The van der Waals surface area contributed by atoms with Gasteiger partial charge < -0.3 is 4.74 Å². The van der Waals surface area contributed by atoms with E-state index in [1.54, 1.807) is 0 Å². The molecule has 128 valence electrons. The molecule has 5 heteroatoms. The van der Waals surface area contributed by atoms with Gasteiger partial charge in [-0.1, -0.05) is 25.0 Å². The highest BCUT2D eigenvalue weighted by atomic mass is 16.5. The average molecular weight is 328 g/mol. The smallest absolute Gasteiger partial charge is 0.237 e. The lowest BCUT2D eigenvalue weighted by Gasteiger charge is -2.27. The molecule has 2 amide bonds. The van der Waals surface area contributed by atoms with Crippen LogP contribution in [0.2, 0.25) is 0 Å². The average Bonchev–Trinajstić information content (AvgIpc) is 2.87. The topological polar surface area (TPSA) is 49.9 Å². The maximum atomic E-state index is 12.7. The van der Waals surface area contributed by atoms with Crippen molar-refractivity contribution in [3.05, 3.63) is 29.8 Å². The highest BCUT2D eigenvalue weighted by molar-refractivity contribution is 6.22. The molecule has 0 bridgehead atoms. The van der Waals surface area contributed by atoms with Crippen molar-refractivity contribution in [2.45, 2.75) is 32.2 Å². The summed E-state index contributed by atoms with van der Waals surface area (Å²) < 4.78 is 5.39. The zero-order chi connectivity index (χ0) is 16.5. The molecule has 24 heavy (non-hydrogen) atoms. The van der Waals surface area contributed by atoms with Gasteiger partial charge in [-0.2, -0.15) is 0 Å². The fourth-order valence-electron chi connectivity index (χ4n) is 4.23. The Hall–Kier alpha value is -1.72. The number of hydrogen-bond acceptors (Lipinski definition) is 4. The minimum atomic E-state index is -0.0888. The molecule has 2 unspecified atom stereocenters. The third-order valence-electron chi connectivity index (χ3n) is 5.52. The minimum absolute atomic E-state index is 0.00761. The fraction of sp³-hybridized carbons (Fsp3) is 0.579. The van der Waals surface area contributed by atoms with E-state index < -0.39 is 0 Å². The first kappa shape index (κ1) is 15.8. The van der Waals surface area contributed by atoms with E-state index in [1.807, 2.05) is 18.2 Å². The van der Waals surface area contributed by atoms with Gasteiger partial charge >= 0.3 is 0 Å². The van der Waals surface area contributed by atoms with E-state index in [4.69, 9.17) is 4.74 Å². The Kier molecular flexibility index (Phi) is 4.37. The largest absolute Gasteiger partial charge is 0.379 e. The summed E-state index contributed by atoms with van der Waals surface area (Å²) in [4.78, 5) is 29.3. The molecule has 1 aliphatic carbocycles. The fourth-order valence-corrected chi connectivity index (χ4v) is 4.23. The van der Waals surface area contributed by atoms with E-state index in [2.05, 4.69) is 11.0 Å². The Morgan fingerprint density at radius 3 is 2.33 bits per heavy atom. The number of fused-ring (bicyclic) bond motifs is 1. The van der Waals surface area contributed by atoms with Gasteiger partial charge in [0, 0.05) is 19.6 Å². The summed E-state index contributed by atoms with van der Waals surface area (Å²) in [6, 6.07) is 7.91. The molecule has 3 fully saturated rings. The molecule has 1 aromatic carbocycles. The summed E-state index contributed by atoms with van der Waals surface area (Å²) in [5.41, 5.74) is 1.88. The second-order valence-electron chi connectivity index (χ2n) is 7.07. The third kappa shape index (κ3) is 2.87. The number of rotatable bonds is 3. The van der Waals surface area contributed by atoms with Crippen LogP contribution in [0.1, 0.15) is 31.2 Å². The molecular formula is C19H24N2O3. The zero-order valence-electron chi connectivity index (χ0n) is 13.9. The summed E-state index contributed by atoms with van der Waals surface area (Å²) in [6.45, 7) is 4.23. The van der Waals surface area contributed by atoms with Crippen LogP contribution in [-0.2, 0) is 20.9 Å². The molecule has 3 aliphatic rings. The van der Waals surface area contributed by atoms with Crippen LogP contribution in [0.5, 0.6) is 0 Å². The molecule has 5 nitrogen and oxygen atoms in total. The van der Waals surface area contributed by atoms with Crippen molar-refractivity contribution in [2.24, 2.45) is 11.8 Å². The number of nitrogens with zero attached hydrogens (tertiary/aromatic N) is 2. The van der Waals surface area contributed by atoms with E-state index >= 15 is 0 Å². The molecule has 1 aromatic rings. The van der Waals surface area contributed by atoms with Crippen molar-refractivity contribution in [1.29, 1.82) is 0 Å². The summed E-state index contributed by atoms with van der Waals surface area (Å²) in [5, 5.41) is 0. The normalized spacial score (nSPS) is 28.2. The van der Waals surface area contributed by atoms with Gasteiger partial charge in [0.2, 0.25) is 11.8 Å². The van der Waals surface area contributed by atoms with Gasteiger partial charge in [0.15, 0.2) is 0 Å². The Morgan fingerprint density at radius 2 is 1.67 bits per heavy atom. The number of ether oxygens (including phenoxy) is 1. The Bertz CT molecular complexity index is 615. The molecule has 1 saturated carbocycles. The molecule has 4 rings (SSSR count). The summed E-state index contributed by atoms with van der Waals surface area (Å²) in [5.74, 6) is -0.162. The van der Waals surface area contributed by atoms with Crippen LogP contribution < -0.4 is 4.90 Å². The first-order valence-electron chi connectivity index (χ1n) is 9.01. The highest BCUT2D eigenvalue weighted by Gasteiger charge is 2.48. The standard InChI is InChI=1S/C19H24N2O3/c22-18-16-6-1-2-7-17(16)19(23)21(18)15-5-3-4-14(12-15)13-20-8-10-24-11-9-20/h3-5,12,16-17H,1-2,6-11,13H2. The van der Waals surface area contributed by atoms with Crippen LogP contribution >= 0.6 is 0 Å². The van der Waals surface area contributed by atoms with E-state index in [9.17, 15) is 9.59 Å². The molecular weight excluding hydrogens is 304 g/mol. The number of hydrogen-bond donors (Lipinski definition) is 0. The Balaban J connectivity index is 1.54. The van der Waals surface area contributed by atoms with Crippen LogP contribution in [0.3, 0.4) is 0 Å².